The fourth-order valence-electron chi connectivity index (χ4n) is 1.71. The van der Waals surface area contributed by atoms with E-state index in [1.54, 1.807) is 0 Å². The van der Waals surface area contributed by atoms with Crippen molar-refractivity contribution < 1.29 is 9.15 Å². The Morgan fingerprint density at radius 3 is 2.79 bits per heavy atom. The van der Waals surface area contributed by atoms with Crippen LogP contribution >= 0.6 is 28.1 Å². The molecule has 0 spiro atoms. The van der Waals surface area contributed by atoms with Gasteiger partial charge in [0.25, 0.3) is 10.7 Å². The van der Waals surface area contributed by atoms with Crippen molar-refractivity contribution >= 4 is 28.1 Å². The van der Waals surface area contributed by atoms with Crippen LogP contribution in [-0.4, -0.2) is 10.2 Å². The summed E-state index contributed by atoms with van der Waals surface area (Å²) in [6.45, 7) is 6.55. The number of rotatable bonds is 4. The van der Waals surface area contributed by atoms with E-state index < -0.39 is 0 Å². The Hall–Kier alpha value is -1.14. The normalized spacial score (nSPS) is 11.0. The van der Waals surface area contributed by atoms with E-state index >= 15 is 0 Å². The topological polar surface area (TPSA) is 51.0 Å². The van der Waals surface area contributed by atoms with Gasteiger partial charge in [0.2, 0.25) is 0 Å². The molecule has 0 aliphatic rings. The van der Waals surface area contributed by atoms with Gasteiger partial charge in [-0.2, -0.15) is 0 Å². The van der Waals surface area contributed by atoms with Crippen LogP contribution in [0.25, 0.3) is 0 Å². The highest BCUT2D eigenvalue weighted by Gasteiger charge is 2.12. The minimum absolute atomic E-state index is 0.258. The molecule has 0 unspecified atom stereocenters. The molecule has 0 aliphatic heterocycles. The van der Waals surface area contributed by atoms with E-state index in [1.807, 2.05) is 13.0 Å². The highest BCUT2D eigenvalue weighted by atomic mass is 79.9. The number of nitrogens with zero attached hydrogens (tertiary/aromatic N) is 1. The summed E-state index contributed by atoms with van der Waals surface area (Å²) >= 11 is 8.37. The molecule has 0 fully saturated rings. The number of aromatic nitrogens is 2. The van der Waals surface area contributed by atoms with E-state index in [1.165, 1.54) is 0 Å². The lowest BCUT2D eigenvalue weighted by molar-refractivity contribution is 0.258. The molecule has 0 bridgehead atoms. The number of aromatic amines is 1. The second-order valence-corrected chi connectivity index (χ2v) is 5.81. The summed E-state index contributed by atoms with van der Waals surface area (Å²) in [6, 6.07) is 4.11. The minimum Gasteiger partial charge on any atom is -0.484 e. The van der Waals surface area contributed by atoms with Crippen molar-refractivity contribution in [3.63, 3.8) is 0 Å². The zero-order chi connectivity index (χ0) is 14.0. The molecule has 0 radical (unpaired) electrons. The van der Waals surface area contributed by atoms with Crippen LogP contribution in [-0.2, 0) is 6.61 Å². The molecule has 0 amide bonds. The molecular formula is C13H15BrN2O2S. The van der Waals surface area contributed by atoms with Gasteiger partial charge in [-0.1, -0.05) is 29.8 Å². The Bertz CT molecular complexity index is 634. The zero-order valence-corrected chi connectivity index (χ0v) is 13.4. The summed E-state index contributed by atoms with van der Waals surface area (Å²) in [5.74, 6) is 1.66. The summed E-state index contributed by atoms with van der Waals surface area (Å²) < 4.78 is 12.0. The number of hydrogen-bond acceptors (Lipinski definition) is 4. The van der Waals surface area contributed by atoms with Gasteiger partial charge in [-0.25, -0.2) is 5.10 Å². The molecule has 0 saturated heterocycles. The van der Waals surface area contributed by atoms with Crippen molar-refractivity contribution in [1.29, 1.82) is 0 Å². The van der Waals surface area contributed by atoms with Gasteiger partial charge in [-0.05, 0) is 48.3 Å². The molecule has 19 heavy (non-hydrogen) atoms. The molecule has 2 aromatic rings. The third-order valence-electron chi connectivity index (χ3n) is 2.75. The first-order valence-corrected chi connectivity index (χ1v) is 7.14. The maximum atomic E-state index is 5.79. The Morgan fingerprint density at radius 2 is 2.21 bits per heavy atom. The third kappa shape index (κ3) is 3.45. The van der Waals surface area contributed by atoms with Crippen molar-refractivity contribution in [3.8, 4) is 5.75 Å². The van der Waals surface area contributed by atoms with Crippen molar-refractivity contribution in [1.82, 2.24) is 10.2 Å². The first-order chi connectivity index (χ1) is 8.97. The number of ether oxygens (including phenoxy) is 1. The number of benzene rings is 1. The monoisotopic (exact) mass is 342 g/mol. The van der Waals surface area contributed by atoms with Crippen molar-refractivity contribution in [2.45, 2.75) is 33.3 Å². The van der Waals surface area contributed by atoms with E-state index in [0.717, 1.165) is 21.3 Å². The van der Waals surface area contributed by atoms with Crippen LogP contribution in [0.3, 0.4) is 0 Å². The van der Waals surface area contributed by atoms with Gasteiger partial charge < -0.3 is 9.15 Å². The van der Waals surface area contributed by atoms with Crippen LogP contribution in [0.4, 0.5) is 0 Å². The molecule has 1 N–H and O–H groups in total. The molecule has 102 valence electrons. The van der Waals surface area contributed by atoms with Gasteiger partial charge >= 0.3 is 0 Å². The molecule has 6 heteroatoms. The fraction of sp³-hybridized carbons (Fsp3) is 0.385. The lowest BCUT2D eigenvalue weighted by Crippen LogP contribution is -2.01. The standard InChI is InChI=1S/C13H15BrN2O2S/c1-7(2)9-5-10(14)8(3)4-11(9)17-6-12-15-16-13(19)18-12/h4-5,7H,6H2,1-3H3,(H,16,19). The number of H-pyrrole nitrogens is 1. The Balaban J connectivity index is 2.23. The zero-order valence-electron chi connectivity index (χ0n) is 11.0. The summed E-state index contributed by atoms with van der Waals surface area (Å²) in [5, 5.41) is 6.49. The second kappa shape index (κ2) is 5.88. The van der Waals surface area contributed by atoms with E-state index in [4.69, 9.17) is 21.4 Å². The van der Waals surface area contributed by atoms with Gasteiger partial charge in [0.15, 0.2) is 6.61 Å². The van der Waals surface area contributed by atoms with Gasteiger partial charge in [-0.15, -0.1) is 5.10 Å². The van der Waals surface area contributed by atoms with Crippen LogP contribution in [0.5, 0.6) is 5.75 Å². The summed E-state index contributed by atoms with van der Waals surface area (Å²) in [5.41, 5.74) is 2.27. The predicted octanol–water partition coefficient (Wildman–Crippen LogP) is 4.51. The minimum atomic E-state index is 0.258. The lowest BCUT2D eigenvalue weighted by atomic mass is 10.0. The molecule has 1 aromatic heterocycles. The molecule has 2 rings (SSSR count). The van der Waals surface area contributed by atoms with Crippen LogP contribution in [0.2, 0.25) is 0 Å². The van der Waals surface area contributed by atoms with E-state index in [0.29, 0.717) is 11.8 Å². The van der Waals surface area contributed by atoms with E-state index in [9.17, 15) is 0 Å². The smallest absolute Gasteiger partial charge is 0.284 e. The van der Waals surface area contributed by atoms with Crippen molar-refractivity contribution in [2.24, 2.45) is 0 Å². The first kappa shape index (κ1) is 14.3. The largest absolute Gasteiger partial charge is 0.484 e. The predicted molar refractivity (Wildman–Crippen MR) is 79.0 cm³/mol. The highest BCUT2D eigenvalue weighted by Crippen LogP contribution is 2.32. The van der Waals surface area contributed by atoms with Gasteiger partial charge in [0.05, 0.1) is 0 Å². The van der Waals surface area contributed by atoms with Gasteiger partial charge in [0.1, 0.15) is 5.75 Å². The Morgan fingerprint density at radius 1 is 1.47 bits per heavy atom. The average Bonchev–Trinajstić information content (AvgIpc) is 2.76. The molecule has 1 heterocycles. The van der Waals surface area contributed by atoms with Crippen LogP contribution in [0.1, 0.15) is 36.8 Å². The number of nitrogens with one attached hydrogen (secondary N) is 1. The molecule has 0 atom stereocenters. The van der Waals surface area contributed by atoms with Crippen LogP contribution < -0.4 is 4.74 Å². The average molecular weight is 343 g/mol. The molecule has 0 saturated carbocycles. The maximum Gasteiger partial charge on any atom is 0.284 e. The van der Waals surface area contributed by atoms with E-state index in [-0.39, 0.29) is 11.4 Å². The van der Waals surface area contributed by atoms with Gasteiger partial charge in [-0.3, -0.25) is 0 Å². The number of aryl methyl sites for hydroxylation is 1. The summed E-state index contributed by atoms with van der Waals surface area (Å²) in [6.07, 6.45) is 0. The summed E-state index contributed by atoms with van der Waals surface area (Å²) in [4.78, 5) is 0.259. The van der Waals surface area contributed by atoms with Gasteiger partial charge in [0, 0.05) is 4.47 Å². The summed E-state index contributed by atoms with van der Waals surface area (Å²) in [7, 11) is 0. The van der Waals surface area contributed by atoms with Crippen molar-refractivity contribution in [2.75, 3.05) is 0 Å². The Kier molecular flexibility index (Phi) is 4.42. The molecular weight excluding hydrogens is 328 g/mol. The fourth-order valence-corrected chi connectivity index (χ4v) is 2.21. The van der Waals surface area contributed by atoms with Crippen molar-refractivity contribution in [3.05, 3.63) is 38.5 Å². The SMILES string of the molecule is Cc1cc(OCc2n[nH]c(=S)o2)c(C(C)C)cc1Br. The molecule has 4 nitrogen and oxygen atoms in total. The van der Waals surface area contributed by atoms with Crippen LogP contribution in [0.15, 0.2) is 21.0 Å². The van der Waals surface area contributed by atoms with Crippen LogP contribution in [0, 0.1) is 11.8 Å². The number of hydrogen-bond donors (Lipinski definition) is 1. The second-order valence-electron chi connectivity index (χ2n) is 4.59. The molecule has 0 aliphatic carbocycles. The lowest BCUT2D eigenvalue weighted by Gasteiger charge is -2.15. The third-order valence-corrected chi connectivity index (χ3v) is 3.78. The van der Waals surface area contributed by atoms with E-state index in [2.05, 4.69) is 46.0 Å². The molecule has 1 aromatic carbocycles. The quantitative estimate of drug-likeness (QED) is 0.830. The first-order valence-electron chi connectivity index (χ1n) is 5.94. The Labute approximate surface area is 125 Å². The number of halogens is 1. The maximum absolute atomic E-state index is 5.79. The highest BCUT2D eigenvalue weighted by molar-refractivity contribution is 9.10.